The van der Waals surface area contributed by atoms with E-state index in [2.05, 4.69) is 20.3 Å². The average Bonchev–Trinajstić information content (AvgIpc) is 3.33. The molecule has 1 N–H and O–H groups in total. The molecule has 1 atom stereocenters. The van der Waals surface area contributed by atoms with Crippen molar-refractivity contribution >= 4 is 34.9 Å². The van der Waals surface area contributed by atoms with E-state index in [4.69, 9.17) is 11.6 Å². The van der Waals surface area contributed by atoms with Gasteiger partial charge in [0.25, 0.3) is 0 Å². The summed E-state index contributed by atoms with van der Waals surface area (Å²) in [6.45, 7) is 0.311. The fraction of sp³-hybridized carbons (Fsp3) is 0.167. The molecule has 1 aromatic carbocycles. The van der Waals surface area contributed by atoms with Gasteiger partial charge in [-0.3, -0.25) is 14.2 Å². The van der Waals surface area contributed by atoms with E-state index in [0.29, 0.717) is 23.2 Å². The molecule has 2 amide bonds. The van der Waals surface area contributed by atoms with E-state index in [1.54, 1.807) is 58.5 Å². The summed E-state index contributed by atoms with van der Waals surface area (Å²) in [5.74, 6) is 0.147. The number of benzene rings is 1. The lowest BCUT2D eigenvalue weighted by molar-refractivity contribution is -0.122. The third-order valence-corrected chi connectivity index (χ3v) is 4.56. The predicted molar refractivity (Wildman–Crippen MR) is 99.7 cm³/mol. The molecule has 3 aromatic rings. The van der Waals surface area contributed by atoms with Crippen molar-refractivity contribution in [1.29, 1.82) is 0 Å². The van der Waals surface area contributed by atoms with E-state index >= 15 is 0 Å². The SMILES string of the molecule is O=C(Nc1cc(-n2ccnc2)ncn1)C1CC(=O)N(c2ccc(Cl)cc2)C1. The second-order valence-corrected chi connectivity index (χ2v) is 6.54. The maximum absolute atomic E-state index is 12.6. The molecule has 0 spiro atoms. The molecule has 9 heteroatoms. The van der Waals surface area contributed by atoms with Gasteiger partial charge in [-0.1, -0.05) is 11.6 Å². The van der Waals surface area contributed by atoms with Crippen LogP contribution in [-0.4, -0.2) is 37.9 Å². The normalized spacial score (nSPS) is 16.6. The minimum absolute atomic E-state index is 0.0979. The Morgan fingerprint density at radius 1 is 1.22 bits per heavy atom. The van der Waals surface area contributed by atoms with Crippen molar-refractivity contribution in [2.75, 3.05) is 16.8 Å². The van der Waals surface area contributed by atoms with E-state index in [1.165, 1.54) is 6.33 Å². The van der Waals surface area contributed by atoms with Gasteiger partial charge in [0, 0.05) is 42.1 Å². The van der Waals surface area contributed by atoms with Gasteiger partial charge in [-0.05, 0) is 24.3 Å². The van der Waals surface area contributed by atoms with Crippen molar-refractivity contribution in [3.63, 3.8) is 0 Å². The molecule has 136 valence electrons. The summed E-state index contributed by atoms with van der Waals surface area (Å²) in [6.07, 6.45) is 6.50. The number of hydrogen-bond donors (Lipinski definition) is 1. The number of carbonyl (C=O) groups excluding carboxylic acids is 2. The number of hydrogen-bond acceptors (Lipinski definition) is 5. The number of imidazole rings is 1. The number of rotatable bonds is 4. The number of amides is 2. The first-order valence-corrected chi connectivity index (χ1v) is 8.65. The fourth-order valence-corrected chi connectivity index (χ4v) is 3.06. The number of carbonyl (C=O) groups is 2. The topological polar surface area (TPSA) is 93.0 Å². The number of nitrogens with one attached hydrogen (secondary N) is 1. The van der Waals surface area contributed by atoms with Gasteiger partial charge in [-0.25, -0.2) is 15.0 Å². The Bertz CT molecular complexity index is 974. The maximum atomic E-state index is 12.6. The van der Waals surface area contributed by atoms with Gasteiger partial charge in [0.05, 0.1) is 5.92 Å². The quantitative estimate of drug-likeness (QED) is 0.747. The van der Waals surface area contributed by atoms with E-state index in [-0.39, 0.29) is 18.2 Å². The zero-order valence-corrected chi connectivity index (χ0v) is 14.9. The number of anilines is 2. The van der Waals surface area contributed by atoms with E-state index < -0.39 is 5.92 Å². The molecule has 1 unspecified atom stereocenters. The molecule has 1 saturated heterocycles. The van der Waals surface area contributed by atoms with E-state index in [9.17, 15) is 9.59 Å². The van der Waals surface area contributed by atoms with Crippen LogP contribution < -0.4 is 10.2 Å². The second kappa shape index (κ2) is 7.16. The van der Waals surface area contributed by atoms with Gasteiger partial charge in [0.15, 0.2) is 0 Å². The van der Waals surface area contributed by atoms with Gasteiger partial charge in [-0.15, -0.1) is 0 Å². The van der Waals surface area contributed by atoms with Crippen LogP contribution in [0.4, 0.5) is 11.5 Å². The molecular weight excluding hydrogens is 368 g/mol. The van der Waals surface area contributed by atoms with Crippen LogP contribution in [0, 0.1) is 5.92 Å². The Morgan fingerprint density at radius 3 is 2.78 bits per heavy atom. The fourth-order valence-electron chi connectivity index (χ4n) is 2.93. The van der Waals surface area contributed by atoms with Crippen LogP contribution >= 0.6 is 11.6 Å². The summed E-state index contributed by atoms with van der Waals surface area (Å²) in [5, 5.41) is 3.36. The third-order valence-electron chi connectivity index (χ3n) is 4.31. The lowest BCUT2D eigenvalue weighted by atomic mass is 10.1. The zero-order valence-electron chi connectivity index (χ0n) is 14.1. The van der Waals surface area contributed by atoms with Crippen LogP contribution in [0.25, 0.3) is 5.82 Å². The third kappa shape index (κ3) is 3.65. The largest absolute Gasteiger partial charge is 0.312 e. The molecule has 0 bridgehead atoms. The highest BCUT2D eigenvalue weighted by Crippen LogP contribution is 2.27. The maximum Gasteiger partial charge on any atom is 0.230 e. The molecule has 1 aliphatic rings. The highest BCUT2D eigenvalue weighted by Gasteiger charge is 2.35. The second-order valence-electron chi connectivity index (χ2n) is 6.10. The van der Waals surface area contributed by atoms with Gasteiger partial charge in [0.1, 0.15) is 24.3 Å². The Labute approximate surface area is 159 Å². The van der Waals surface area contributed by atoms with Crippen molar-refractivity contribution in [2.45, 2.75) is 6.42 Å². The highest BCUT2D eigenvalue weighted by atomic mass is 35.5. The molecular formula is C18H15ClN6O2. The molecule has 4 rings (SSSR count). The smallest absolute Gasteiger partial charge is 0.230 e. The molecule has 8 nitrogen and oxygen atoms in total. The zero-order chi connectivity index (χ0) is 18.8. The van der Waals surface area contributed by atoms with Gasteiger partial charge < -0.3 is 10.2 Å². The minimum Gasteiger partial charge on any atom is -0.312 e. The van der Waals surface area contributed by atoms with E-state index in [1.807, 2.05) is 0 Å². The lowest BCUT2D eigenvalue weighted by Gasteiger charge is -2.16. The number of nitrogens with zero attached hydrogens (tertiary/aromatic N) is 5. The summed E-state index contributed by atoms with van der Waals surface area (Å²) in [7, 11) is 0. The summed E-state index contributed by atoms with van der Waals surface area (Å²) in [6, 6.07) is 8.62. The molecule has 0 radical (unpaired) electrons. The Hall–Kier alpha value is -3.26. The molecule has 1 fully saturated rings. The van der Waals surface area contributed by atoms with Crippen LogP contribution in [0.2, 0.25) is 5.02 Å². The summed E-state index contributed by atoms with van der Waals surface area (Å²) in [4.78, 5) is 38.7. The number of aromatic nitrogens is 4. The van der Waals surface area contributed by atoms with Crippen LogP contribution in [0.1, 0.15) is 6.42 Å². The molecule has 1 aliphatic heterocycles. The Morgan fingerprint density at radius 2 is 2.04 bits per heavy atom. The standard InChI is InChI=1S/C18H15ClN6O2/c19-13-1-3-14(4-2-13)25-9-12(7-17(25)26)18(27)23-15-8-16(22-10-21-15)24-6-5-20-11-24/h1-6,8,10-12H,7,9H2,(H,21,22,23,27). The van der Waals surface area contributed by atoms with Crippen LogP contribution in [0.15, 0.2) is 55.4 Å². The first-order chi connectivity index (χ1) is 13.1. The highest BCUT2D eigenvalue weighted by molar-refractivity contribution is 6.30. The molecule has 2 aromatic heterocycles. The summed E-state index contributed by atoms with van der Waals surface area (Å²) >= 11 is 5.89. The van der Waals surface area contributed by atoms with Crippen molar-refractivity contribution in [3.05, 3.63) is 60.4 Å². The lowest BCUT2D eigenvalue weighted by Crippen LogP contribution is -2.28. The Balaban J connectivity index is 1.45. The predicted octanol–water partition coefficient (Wildman–Crippen LogP) is 2.31. The average molecular weight is 383 g/mol. The van der Waals surface area contributed by atoms with Crippen LogP contribution in [0.3, 0.4) is 0 Å². The van der Waals surface area contributed by atoms with Gasteiger partial charge >= 0.3 is 0 Å². The van der Waals surface area contributed by atoms with Crippen molar-refractivity contribution in [1.82, 2.24) is 19.5 Å². The van der Waals surface area contributed by atoms with Crippen molar-refractivity contribution in [3.8, 4) is 5.82 Å². The monoisotopic (exact) mass is 382 g/mol. The summed E-state index contributed by atoms with van der Waals surface area (Å²) < 4.78 is 1.71. The van der Waals surface area contributed by atoms with Crippen LogP contribution in [0.5, 0.6) is 0 Å². The summed E-state index contributed by atoms with van der Waals surface area (Å²) in [5.41, 5.74) is 0.726. The molecule has 3 heterocycles. The first kappa shape index (κ1) is 17.2. The molecule has 0 aliphatic carbocycles. The molecule has 27 heavy (non-hydrogen) atoms. The van der Waals surface area contributed by atoms with Crippen LogP contribution in [-0.2, 0) is 9.59 Å². The van der Waals surface area contributed by atoms with Crippen molar-refractivity contribution < 1.29 is 9.59 Å². The first-order valence-electron chi connectivity index (χ1n) is 8.27. The van der Waals surface area contributed by atoms with Crippen molar-refractivity contribution in [2.24, 2.45) is 5.92 Å². The Kier molecular flexibility index (Phi) is 4.55. The molecule has 0 saturated carbocycles. The van der Waals surface area contributed by atoms with E-state index in [0.717, 1.165) is 5.69 Å². The minimum atomic E-state index is -0.458. The number of halogens is 1. The van der Waals surface area contributed by atoms with Gasteiger partial charge in [-0.2, -0.15) is 0 Å². The van der Waals surface area contributed by atoms with Gasteiger partial charge in [0.2, 0.25) is 11.8 Å².